The largest absolute Gasteiger partial charge is 0.484 e. The quantitative estimate of drug-likeness (QED) is 0.937. The summed E-state index contributed by atoms with van der Waals surface area (Å²) in [4.78, 5) is 4.29. The highest BCUT2D eigenvalue weighted by molar-refractivity contribution is 9.10. The third-order valence-corrected chi connectivity index (χ3v) is 2.83. The lowest BCUT2D eigenvalue weighted by Gasteiger charge is -2.08. The van der Waals surface area contributed by atoms with Gasteiger partial charge >= 0.3 is 0 Å². The molecule has 0 spiro atoms. The Bertz CT molecular complexity index is 548. The zero-order valence-electron chi connectivity index (χ0n) is 9.78. The van der Waals surface area contributed by atoms with Crippen LogP contribution < -0.4 is 10.1 Å². The second kappa shape index (κ2) is 5.82. The molecule has 0 fully saturated rings. The van der Waals surface area contributed by atoms with Crippen molar-refractivity contribution in [1.29, 1.82) is 0 Å². The summed E-state index contributed by atoms with van der Waals surface area (Å²) in [5.41, 5.74) is 0.740. The summed E-state index contributed by atoms with van der Waals surface area (Å²) >= 11 is 3.19. The molecule has 1 heterocycles. The maximum atomic E-state index is 13.5. The number of aromatic nitrogens is 1. The first kappa shape index (κ1) is 12.8. The van der Waals surface area contributed by atoms with Crippen molar-refractivity contribution < 1.29 is 9.13 Å². The predicted molar refractivity (Wildman–Crippen MR) is 72.2 cm³/mol. The summed E-state index contributed by atoms with van der Waals surface area (Å²) in [6.07, 6.45) is 0. The molecule has 0 bridgehead atoms. The third-order valence-electron chi connectivity index (χ3n) is 2.33. The number of benzene rings is 1. The van der Waals surface area contributed by atoms with Crippen molar-refractivity contribution in [2.45, 2.75) is 6.61 Å². The van der Waals surface area contributed by atoms with E-state index in [0.717, 1.165) is 11.5 Å². The number of ether oxygens (including phenoxy) is 1. The number of nitrogens with zero attached hydrogens (tertiary/aromatic N) is 1. The Morgan fingerprint density at radius 1 is 1.33 bits per heavy atom. The molecule has 1 N–H and O–H groups in total. The number of pyridine rings is 1. The molecule has 0 radical (unpaired) electrons. The Morgan fingerprint density at radius 3 is 2.89 bits per heavy atom. The van der Waals surface area contributed by atoms with Gasteiger partial charge in [0.2, 0.25) is 0 Å². The molecule has 2 aromatic rings. The monoisotopic (exact) mass is 310 g/mol. The average molecular weight is 311 g/mol. The first-order valence-corrected chi connectivity index (χ1v) is 6.20. The van der Waals surface area contributed by atoms with Gasteiger partial charge in [-0.2, -0.15) is 0 Å². The van der Waals surface area contributed by atoms with Gasteiger partial charge in [-0.15, -0.1) is 0 Å². The minimum atomic E-state index is -0.394. The zero-order valence-corrected chi connectivity index (χ0v) is 11.4. The van der Waals surface area contributed by atoms with Crippen LogP contribution in [0, 0.1) is 5.82 Å². The molecule has 3 nitrogen and oxygen atoms in total. The second-order valence-electron chi connectivity index (χ2n) is 3.63. The van der Waals surface area contributed by atoms with E-state index in [1.807, 2.05) is 18.2 Å². The molecule has 0 unspecified atom stereocenters. The van der Waals surface area contributed by atoms with Crippen molar-refractivity contribution in [3.05, 3.63) is 52.4 Å². The van der Waals surface area contributed by atoms with Gasteiger partial charge in [0.15, 0.2) is 11.6 Å². The molecule has 0 aliphatic carbocycles. The summed E-state index contributed by atoms with van der Waals surface area (Å²) in [6.45, 7) is 0.230. The summed E-state index contributed by atoms with van der Waals surface area (Å²) in [5.74, 6) is 0.580. The summed E-state index contributed by atoms with van der Waals surface area (Å²) in [6, 6.07) is 10.2. The van der Waals surface area contributed by atoms with E-state index in [1.54, 1.807) is 19.2 Å². The van der Waals surface area contributed by atoms with Gasteiger partial charge in [-0.1, -0.05) is 22.0 Å². The zero-order chi connectivity index (χ0) is 13.0. The minimum absolute atomic E-state index is 0.217. The molecule has 1 aromatic heterocycles. The van der Waals surface area contributed by atoms with Gasteiger partial charge in [-0.25, -0.2) is 9.37 Å². The first-order valence-electron chi connectivity index (χ1n) is 5.40. The maximum absolute atomic E-state index is 13.5. The topological polar surface area (TPSA) is 34.1 Å². The number of halogens is 2. The number of hydrogen-bond acceptors (Lipinski definition) is 3. The Morgan fingerprint density at radius 2 is 2.17 bits per heavy atom. The van der Waals surface area contributed by atoms with Gasteiger partial charge in [0.05, 0.1) is 5.69 Å². The van der Waals surface area contributed by atoms with Crippen LogP contribution in [-0.4, -0.2) is 12.0 Å². The van der Waals surface area contributed by atoms with Gasteiger partial charge in [0, 0.05) is 11.5 Å². The molecular formula is C13H12BrFN2O. The van der Waals surface area contributed by atoms with Gasteiger partial charge in [-0.05, 0) is 30.3 Å². The summed E-state index contributed by atoms with van der Waals surface area (Å²) in [7, 11) is 1.79. The number of anilines is 1. The van der Waals surface area contributed by atoms with Crippen LogP contribution in [0.4, 0.5) is 10.2 Å². The van der Waals surface area contributed by atoms with Crippen molar-refractivity contribution in [2.75, 3.05) is 12.4 Å². The first-order chi connectivity index (χ1) is 8.69. The molecular weight excluding hydrogens is 299 g/mol. The van der Waals surface area contributed by atoms with Crippen molar-refractivity contribution in [1.82, 2.24) is 4.98 Å². The van der Waals surface area contributed by atoms with E-state index in [2.05, 4.69) is 26.2 Å². The molecule has 0 aliphatic heterocycles. The van der Waals surface area contributed by atoms with E-state index in [4.69, 9.17) is 4.74 Å². The summed E-state index contributed by atoms with van der Waals surface area (Å²) < 4.78 is 19.6. The Kier molecular flexibility index (Phi) is 4.15. The van der Waals surface area contributed by atoms with Crippen molar-refractivity contribution in [2.24, 2.45) is 0 Å². The molecule has 0 aliphatic rings. The van der Waals surface area contributed by atoms with Crippen LogP contribution in [0.15, 0.2) is 40.9 Å². The van der Waals surface area contributed by atoms with E-state index in [1.165, 1.54) is 6.07 Å². The normalized spacial score (nSPS) is 10.2. The van der Waals surface area contributed by atoms with Gasteiger partial charge < -0.3 is 10.1 Å². The molecule has 0 saturated heterocycles. The second-order valence-corrected chi connectivity index (χ2v) is 4.54. The SMILES string of the molecule is CNc1cccc(COc2ccc(Br)cc2F)n1. The Labute approximate surface area is 113 Å². The molecule has 1 aromatic carbocycles. The molecule has 0 amide bonds. The van der Waals surface area contributed by atoms with Crippen LogP contribution in [0.1, 0.15) is 5.69 Å². The highest BCUT2D eigenvalue weighted by Gasteiger charge is 2.05. The fourth-order valence-electron chi connectivity index (χ4n) is 1.44. The van der Waals surface area contributed by atoms with Crippen LogP contribution in [0.3, 0.4) is 0 Å². The smallest absolute Gasteiger partial charge is 0.166 e. The molecule has 0 saturated carbocycles. The highest BCUT2D eigenvalue weighted by Crippen LogP contribution is 2.22. The van der Waals surface area contributed by atoms with Gasteiger partial charge in [0.25, 0.3) is 0 Å². The van der Waals surface area contributed by atoms with E-state index in [-0.39, 0.29) is 12.4 Å². The number of rotatable bonds is 4. The Hall–Kier alpha value is -1.62. The van der Waals surface area contributed by atoms with Crippen molar-refractivity contribution in [3.63, 3.8) is 0 Å². The molecule has 5 heteroatoms. The maximum Gasteiger partial charge on any atom is 0.166 e. The van der Waals surface area contributed by atoms with Crippen LogP contribution in [-0.2, 0) is 6.61 Å². The lowest BCUT2D eigenvalue weighted by molar-refractivity contribution is 0.286. The minimum Gasteiger partial charge on any atom is -0.484 e. The standard InChI is InChI=1S/C13H12BrFN2O/c1-16-13-4-2-3-10(17-13)8-18-12-6-5-9(14)7-11(12)15/h2-7H,8H2,1H3,(H,16,17). The lowest BCUT2D eigenvalue weighted by atomic mass is 10.3. The number of hydrogen-bond donors (Lipinski definition) is 1. The van der Waals surface area contributed by atoms with Gasteiger partial charge in [-0.3, -0.25) is 0 Å². The van der Waals surface area contributed by atoms with E-state index < -0.39 is 5.82 Å². The molecule has 94 valence electrons. The predicted octanol–water partition coefficient (Wildman–Crippen LogP) is 3.60. The van der Waals surface area contributed by atoms with Crippen molar-refractivity contribution >= 4 is 21.7 Å². The van der Waals surface area contributed by atoms with Crippen LogP contribution >= 0.6 is 15.9 Å². The Balaban J connectivity index is 2.06. The fraction of sp³-hybridized carbons (Fsp3) is 0.154. The summed E-state index contributed by atoms with van der Waals surface area (Å²) in [5, 5.41) is 2.94. The lowest BCUT2D eigenvalue weighted by Crippen LogP contribution is -2.01. The van der Waals surface area contributed by atoms with E-state index in [9.17, 15) is 4.39 Å². The molecule has 2 rings (SSSR count). The van der Waals surface area contributed by atoms with Crippen LogP contribution in [0.2, 0.25) is 0 Å². The molecule has 18 heavy (non-hydrogen) atoms. The molecule has 0 atom stereocenters. The fourth-order valence-corrected chi connectivity index (χ4v) is 1.78. The van der Waals surface area contributed by atoms with Gasteiger partial charge in [0.1, 0.15) is 12.4 Å². The van der Waals surface area contributed by atoms with Crippen LogP contribution in [0.25, 0.3) is 0 Å². The van der Waals surface area contributed by atoms with E-state index >= 15 is 0 Å². The van der Waals surface area contributed by atoms with Crippen molar-refractivity contribution in [3.8, 4) is 5.75 Å². The van der Waals surface area contributed by atoms with E-state index in [0.29, 0.717) is 4.47 Å². The highest BCUT2D eigenvalue weighted by atomic mass is 79.9. The van der Waals surface area contributed by atoms with Crippen LogP contribution in [0.5, 0.6) is 5.75 Å². The number of nitrogens with one attached hydrogen (secondary N) is 1. The average Bonchev–Trinajstić information content (AvgIpc) is 2.38. The third kappa shape index (κ3) is 3.20.